The summed E-state index contributed by atoms with van der Waals surface area (Å²) in [7, 11) is 0. The minimum Gasteiger partial charge on any atom is -0.456 e. The molecule has 2 saturated heterocycles. The van der Waals surface area contributed by atoms with E-state index in [-0.39, 0.29) is 5.97 Å². The number of benzene rings is 1. The fourth-order valence-electron chi connectivity index (χ4n) is 5.32. The van der Waals surface area contributed by atoms with Gasteiger partial charge in [-0.05, 0) is 84.8 Å². The first-order valence-corrected chi connectivity index (χ1v) is 11.4. The number of carbonyl (C=O) groups excluding carboxylic acids is 1. The number of rotatable bonds is 5. The van der Waals surface area contributed by atoms with Crippen molar-refractivity contribution < 1.29 is 14.6 Å². The van der Waals surface area contributed by atoms with E-state index in [0.29, 0.717) is 18.6 Å². The summed E-state index contributed by atoms with van der Waals surface area (Å²) in [6.07, 6.45) is 7.34. The second-order valence-electron chi connectivity index (χ2n) is 9.34. The van der Waals surface area contributed by atoms with Gasteiger partial charge in [0.2, 0.25) is 0 Å². The molecule has 0 radical (unpaired) electrons. The molecule has 4 heterocycles. The van der Waals surface area contributed by atoms with Crippen LogP contribution in [0.25, 0.3) is 5.69 Å². The maximum atomic E-state index is 11.3. The predicted octanol–water partition coefficient (Wildman–Crippen LogP) is 1.62. The van der Waals surface area contributed by atoms with E-state index in [0.717, 1.165) is 61.5 Å². The molecule has 0 saturated carbocycles. The summed E-state index contributed by atoms with van der Waals surface area (Å²) in [6.45, 7) is 7.12. The lowest BCUT2D eigenvalue weighted by atomic mass is 9.71. The molecule has 9 nitrogen and oxygen atoms in total. The van der Waals surface area contributed by atoms with Crippen LogP contribution in [0.1, 0.15) is 42.9 Å². The third-order valence-corrected chi connectivity index (χ3v) is 7.45. The lowest BCUT2D eigenvalue weighted by Gasteiger charge is -2.47. The average Bonchev–Trinajstić information content (AvgIpc) is 3.48. The molecular formula is C23H30N6O3. The SMILES string of the molecule is Cc1cc(-n2cnnn2)ccc1[C@H](O)CN1CCC2(CC1)CCN(C1=CC(=O)OC1)CC2. The smallest absolute Gasteiger partial charge is 0.333 e. The summed E-state index contributed by atoms with van der Waals surface area (Å²) in [4.78, 5) is 16.1. The van der Waals surface area contributed by atoms with Gasteiger partial charge in [0.15, 0.2) is 0 Å². The van der Waals surface area contributed by atoms with E-state index >= 15 is 0 Å². The van der Waals surface area contributed by atoms with E-state index in [4.69, 9.17) is 4.74 Å². The number of piperidine rings is 2. The number of aliphatic hydroxyl groups is 1. The normalized spacial score (nSPS) is 22.1. The zero-order valence-electron chi connectivity index (χ0n) is 18.5. The number of ether oxygens (including phenoxy) is 1. The zero-order valence-corrected chi connectivity index (χ0v) is 18.5. The molecule has 2 fully saturated rings. The van der Waals surface area contributed by atoms with Crippen molar-refractivity contribution in [3.63, 3.8) is 0 Å². The van der Waals surface area contributed by atoms with Gasteiger partial charge in [-0.3, -0.25) is 0 Å². The molecule has 1 spiro atoms. The number of hydrogen-bond acceptors (Lipinski definition) is 8. The highest BCUT2D eigenvalue weighted by Gasteiger charge is 2.38. The van der Waals surface area contributed by atoms with Crippen LogP contribution in [0.5, 0.6) is 0 Å². The minimum absolute atomic E-state index is 0.215. The number of cyclic esters (lactones) is 1. The molecule has 2 aromatic rings. The lowest BCUT2D eigenvalue weighted by Crippen LogP contribution is -2.47. The Kier molecular flexibility index (Phi) is 5.69. The van der Waals surface area contributed by atoms with Crippen molar-refractivity contribution in [2.24, 2.45) is 5.41 Å². The molecule has 3 aliphatic heterocycles. The van der Waals surface area contributed by atoms with E-state index in [9.17, 15) is 9.90 Å². The second kappa shape index (κ2) is 8.63. The Balaban J connectivity index is 1.14. The van der Waals surface area contributed by atoms with Crippen LogP contribution in [0.4, 0.5) is 0 Å². The van der Waals surface area contributed by atoms with Crippen LogP contribution in [-0.2, 0) is 9.53 Å². The van der Waals surface area contributed by atoms with Gasteiger partial charge < -0.3 is 19.6 Å². The average molecular weight is 439 g/mol. The van der Waals surface area contributed by atoms with Gasteiger partial charge in [0.05, 0.1) is 17.5 Å². The van der Waals surface area contributed by atoms with E-state index in [1.165, 1.54) is 12.8 Å². The highest BCUT2D eigenvalue weighted by atomic mass is 16.5. The van der Waals surface area contributed by atoms with Gasteiger partial charge in [-0.25, -0.2) is 9.48 Å². The molecule has 0 unspecified atom stereocenters. The van der Waals surface area contributed by atoms with Gasteiger partial charge >= 0.3 is 5.97 Å². The van der Waals surface area contributed by atoms with Crippen molar-refractivity contribution in [3.8, 4) is 5.69 Å². The fourth-order valence-corrected chi connectivity index (χ4v) is 5.32. The Hall–Kier alpha value is -2.78. The third kappa shape index (κ3) is 4.27. The van der Waals surface area contributed by atoms with Gasteiger partial charge in [-0.1, -0.05) is 6.07 Å². The standard InChI is InChI=1S/C23H30N6O3/c1-17-12-18(29-16-24-25-26-29)2-3-20(17)21(30)14-27-8-4-23(5-9-27)6-10-28(11-7-23)19-13-22(31)32-15-19/h2-3,12-13,16,21,30H,4-11,14-15H2,1H3/t21-/m1/s1. The number of aryl methyl sites for hydroxylation is 1. The molecular weight excluding hydrogens is 408 g/mol. The topological polar surface area (TPSA) is 96.6 Å². The molecule has 3 aliphatic rings. The number of nitrogens with zero attached hydrogens (tertiary/aromatic N) is 6. The number of hydrogen-bond donors (Lipinski definition) is 1. The maximum Gasteiger partial charge on any atom is 0.333 e. The molecule has 9 heteroatoms. The van der Waals surface area contributed by atoms with Crippen LogP contribution in [0.3, 0.4) is 0 Å². The monoisotopic (exact) mass is 438 g/mol. The molecule has 1 N–H and O–H groups in total. The number of carbonyl (C=O) groups is 1. The van der Waals surface area contributed by atoms with Crippen LogP contribution >= 0.6 is 0 Å². The number of β-amino-alcohol motifs (C(OH)–C–C–N with tert-alkyl or cyclic N) is 1. The van der Waals surface area contributed by atoms with Gasteiger partial charge in [0, 0.05) is 25.7 Å². The number of tetrazole rings is 1. The lowest BCUT2D eigenvalue weighted by molar-refractivity contribution is -0.135. The van der Waals surface area contributed by atoms with Crippen molar-refractivity contribution in [1.29, 1.82) is 0 Å². The quantitative estimate of drug-likeness (QED) is 0.704. The van der Waals surface area contributed by atoms with Crippen molar-refractivity contribution in [2.75, 3.05) is 39.3 Å². The first kappa shape index (κ1) is 21.1. The number of aromatic nitrogens is 4. The highest BCUT2D eigenvalue weighted by molar-refractivity contribution is 5.85. The van der Waals surface area contributed by atoms with Gasteiger partial charge in [-0.15, -0.1) is 5.10 Å². The summed E-state index contributed by atoms with van der Waals surface area (Å²) in [5.41, 5.74) is 4.31. The Morgan fingerprint density at radius 2 is 1.91 bits per heavy atom. The van der Waals surface area contributed by atoms with Crippen LogP contribution < -0.4 is 0 Å². The molecule has 5 rings (SSSR count). The van der Waals surface area contributed by atoms with Crippen LogP contribution in [0, 0.1) is 12.3 Å². The van der Waals surface area contributed by atoms with E-state index in [1.54, 1.807) is 17.1 Å². The van der Waals surface area contributed by atoms with E-state index in [2.05, 4.69) is 25.3 Å². The predicted molar refractivity (Wildman–Crippen MR) is 117 cm³/mol. The summed E-state index contributed by atoms with van der Waals surface area (Å²) < 4.78 is 6.68. The second-order valence-corrected chi connectivity index (χ2v) is 9.34. The Morgan fingerprint density at radius 3 is 2.53 bits per heavy atom. The minimum atomic E-state index is -0.513. The van der Waals surface area contributed by atoms with Crippen molar-refractivity contribution in [3.05, 3.63) is 47.4 Å². The summed E-state index contributed by atoms with van der Waals surface area (Å²) in [5.74, 6) is -0.215. The van der Waals surface area contributed by atoms with Crippen LogP contribution in [0.2, 0.25) is 0 Å². The van der Waals surface area contributed by atoms with E-state index < -0.39 is 6.10 Å². The molecule has 0 amide bonds. The van der Waals surface area contributed by atoms with E-state index in [1.807, 2.05) is 25.1 Å². The fraction of sp³-hybridized carbons (Fsp3) is 0.565. The maximum absolute atomic E-state index is 11.3. The summed E-state index contributed by atoms with van der Waals surface area (Å²) >= 11 is 0. The molecule has 0 aliphatic carbocycles. The summed E-state index contributed by atoms with van der Waals surface area (Å²) in [6, 6.07) is 5.93. The van der Waals surface area contributed by atoms with Crippen molar-refractivity contribution in [1.82, 2.24) is 30.0 Å². The van der Waals surface area contributed by atoms with Gasteiger partial charge in [0.25, 0.3) is 0 Å². The molecule has 1 aromatic heterocycles. The van der Waals surface area contributed by atoms with Crippen molar-refractivity contribution in [2.45, 2.75) is 38.7 Å². The first-order valence-electron chi connectivity index (χ1n) is 11.4. The Labute approximate surface area is 187 Å². The largest absolute Gasteiger partial charge is 0.456 e. The van der Waals surface area contributed by atoms with Crippen molar-refractivity contribution >= 4 is 5.97 Å². The molecule has 170 valence electrons. The van der Waals surface area contributed by atoms with Crippen LogP contribution in [0.15, 0.2) is 36.3 Å². The Bertz CT molecular complexity index is 987. The van der Waals surface area contributed by atoms with Gasteiger partial charge in [0.1, 0.15) is 12.9 Å². The molecule has 1 aromatic carbocycles. The van der Waals surface area contributed by atoms with Crippen LogP contribution in [-0.4, -0.2) is 80.4 Å². The van der Waals surface area contributed by atoms with Gasteiger partial charge in [-0.2, -0.15) is 0 Å². The highest BCUT2D eigenvalue weighted by Crippen LogP contribution is 2.42. The zero-order chi connectivity index (χ0) is 22.1. The Morgan fingerprint density at radius 1 is 1.16 bits per heavy atom. The molecule has 32 heavy (non-hydrogen) atoms. The first-order chi connectivity index (χ1) is 15.5. The number of esters is 1. The molecule has 1 atom stereocenters. The number of aliphatic hydroxyl groups excluding tert-OH is 1. The number of likely N-dealkylation sites (tertiary alicyclic amines) is 2. The molecule has 0 bridgehead atoms. The third-order valence-electron chi connectivity index (χ3n) is 7.45. The summed E-state index contributed by atoms with van der Waals surface area (Å²) in [5, 5.41) is 22.2.